The third-order valence-corrected chi connectivity index (χ3v) is 3.22. The van der Waals surface area contributed by atoms with Gasteiger partial charge in [0.2, 0.25) is 5.91 Å². The first-order chi connectivity index (χ1) is 8.72. The van der Waals surface area contributed by atoms with Crippen LogP contribution in [0.3, 0.4) is 0 Å². The van der Waals surface area contributed by atoms with Gasteiger partial charge >= 0.3 is 0 Å². The molecule has 1 aliphatic rings. The second-order valence-electron chi connectivity index (χ2n) is 4.85. The van der Waals surface area contributed by atoms with Crippen LogP contribution >= 0.6 is 0 Å². The first-order valence-electron chi connectivity index (χ1n) is 6.36. The van der Waals surface area contributed by atoms with Gasteiger partial charge in [-0.25, -0.2) is 4.98 Å². The lowest BCUT2D eigenvalue weighted by Gasteiger charge is -2.04. The number of oxazole rings is 1. The molecule has 2 aromatic rings. The number of nitrogens with zero attached hydrogens (tertiary/aromatic N) is 1. The van der Waals surface area contributed by atoms with Gasteiger partial charge in [-0.1, -0.05) is 6.07 Å². The maximum atomic E-state index is 11.5. The van der Waals surface area contributed by atoms with E-state index in [4.69, 9.17) is 4.42 Å². The topological polar surface area (TPSA) is 55.1 Å². The number of carbonyl (C=O) groups is 1. The third-order valence-electron chi connectivity index (χ3n) is 3.22. The average Bonchev–Trinajstić information content (AvgIpc) is 3.11. The Balaban J connectivity index is 1.61. The van der Waals surface area contributed by atoms with Crippen LogP contribution in [0.25, 0.3) is 11.1 Å². The molecule has 1 heterocycles. The minimum atomic E-state index is 0.202. The Morgan fingerprint density at radius 2 is 2.33 bits per heavy atom. The molecule has 18 heavy (non-hydrogen) atoms. The van der Waals surface area contributed by atoms with Crippen molar-refractivity contribution >= 4 is 17.0 Å². The molecule has 0 unspecified atom stereocenters. The molecule has 94 valence electrons. The summed E-state index contributed by atoms with van der Waals surface area (Å²) in [4.78, 5) is 15.8. The number of aromatic nitrogens is 1. The first-order valence-corrected chi connectivity index (χ1v) is 6.36. The smallest absolute Gasteiger partial charge is 0.223 e. The molecule has 1 aliphatic carbocycles. The second kappa shape index (κ2) is 4.44. The summed E-state index contributed by atoms with van der Waals surface area (Å²) in [7, 11) is 0. The average molecular weight is 244 g/mol. The predicted molar refractivity (Wildman–Crippen MR) is 68.2 cm³/mol. The van der Waals surface area contributed by atoms with Crippen molar-refractivity contribution in [3.63, 3.8) is 0 Å². The van der Waals surface area contributed by atoms with Crippen LogP contribution in [0.2, 0.25) is 0 Å². The van der Waals surface area contributed by atoms with Crippen molar-refractivity contribution in [2.45, 2.75) is 26.2 Å². The van der Waals surface area contributed by atoms with Crippen molar-refractivity contribution in [3.05, 3.63) is 29.7 Å². The van der Waals surface area contributed by atoms with Crippen LogP contribution in [0, 0.1) is 12.8 Å². The molecule has 1 aromatic heterocycles. The molecule has 0 bridgehead atoms. The van der Waals surface area contributed by atoms with Crippen LogP contribution in [-0.2, 0) is 11.2 Å². The summed E-state index contributed by atoms with van der Waals surface area (Å²) in [6.45, 7) is 2.53. The fourth-order valence-corrected chi connectivity index (χ4v) is 2.06. The Hall–Kier alpha value is -1.84. The zero-order chi connectivity index (χ0) is 12.5. The highest BCUT2D eigenvalue weighted by Gasteiger charge is 2.28. The van der Waals surface area contributed by atoms with Crippen molar-refractivity contribution in [1.29, 1.82) is 0 Å². The van der Waals surface area contributed by atoms with Gasteiger partial charge < -0.3 is 9.73 Å². The molecule has 1 N–H and O–H groups in total. The monoisotopic (exact) mass is 244 g/mol. The molecule has 0 radical (unpaired) electrons. The summed E-state index contributed by atoms with van der Waals surface area (Å²) in [6.07, 6.45) is 2.94. The van der Waals surface area contributed by atoms with Crippen LogP contribution in [0.5, 0.6) is 0 Å². The SMILES string of the molecule is Cc1nc2cc(CCNC(=O)C3CC3)ccc2o1. The Kier molecular flexibility index (Phi) is 2.78. The van der Waals surface area contributed by atoms with Gasteiger partial charge in [0, 0.05) is 19.4 Å². The summed E-state index contributed by atoms with van der Waals surface area (Å²) in [5.74, 6) is 1.17. The maximum Gasteiger partial charge on any atom is 0.223 e. The van der Waals surface area contributed by atoms with Gasteiger partial charge in [0.15, 0.2) is 11.5 Å². The van der Waals surface area contributed by atoms with E-state index >= 15 is 0 Å². The van der Waals surface area contributed by atoms with Crippen molar-refractivity contribution in [1.82, 2.24) is 10.3 Å². The third kappa shape index (κ3) is 2.37. The van der Waals surface area contributed by atoms with E-state index in [1.165, 1.54) is 5.56 Å². The molecule has 1 saturated carbocycles. The van der Waals surface area contributed by atoms with Crippen LogP contribution < -0.4 is 5.32 Å². The predicted octanol–water partition coefficient (Wildman–Crippen LogP) is 2.20. The van der Waals surface area contributed by atoms with Crippen LogP contribution in [-0.4, -0.2) is 17.4 Å². The highest BCUT2D eigenvalue weighted by Crippen LogP contribution is 2.28. The largest absolute Gasteiger partial charge is 0.441 e. The molecule has 4 nitrogen and oxygen atoms in total. The van der Waals surface area contributed by atoms with Crippen molar-refractivity contribution in [2.24, 2.45) is 5.92 Å². The van der Waals surface area contributed by atoms with Crippen LogP contribution in [0.1, 0.15) is 24.3 Å². The van der Waals surface area contributed by atoms with Crippen molar-refractivity contribution in [2.75, 3.05) is 6.54 Å². The molecule has 0 atom stereocenters. The molecular weight excluding hydrogens is 228 g/mol. The molecular formula is C14H16N2O2. The summed E-state index contributed by atoms with van der Waals surface area (Å²) < 4.78 is 5.42. The fourth-order valence-electron chi connectivity index (χ4n) is 2.06. The minimum Gasteiger partial charge on any atom is -0.441 e. The van der Waals surface area contributed by atoms with Gasteiger partial charge in [-0.15, -0.1) is 0 Å². The molecule has 1 amide bonds. The fraction of sp³-hybridized carbons (Fsp3) is 0.429. The van der Waals surface area contributed by atoms with Crippen molar-refractivity contribution < 1.29 is 9.21 Å². The zero-order valence-electron chi connectivity index (χ0n) is 10.4. The van der Waals surface area contributed by atoms with E-state index in [0.29, 0.717) is 12.4 Å². The van der Waals surface area contributed by atoms with Crippen LogP contribution in [0.4, 0.5) is 0 Å². The quantitative estimate of drug-likeness (QED) is 0.897. The number of rotatable bonds is 4. The normalized spacial score (nSPS) is 14.9. The zero-order valence-corrected chi connectivity index (χ0v) is 10.4. The van der Waals surface area contributed by atoms with E-state index in [1.54, 1.807) is 0 Å². The molecule has 3 rings (SSSR count). The standard InChI is InChI=1S/C14H16N2O2/c1-9-16-12-8-10(2-5-13(12)18-9)6-7-15-14(17)11-3-4-11/h2,5,8,11H,3-4,6-7H2,1H3,(H,15,17). The van der Waals surface area contributed by atoms with Gasteiger partial charge in [-0.3, -0.25) is 4.79 Å². The number of benzene rings is 1. The van der Waals surface area contributed by atoms with Crippen LogP contribution in [0.15, 0.2) is 22.6 Å². The first kappa shape index (κ1) is 11.3. The van der Waals surface area contributed by atoms with Gasteiger partial charge in [0.25, 0.3) is 0 Å². The summed E-state index contributed by atoms with van der Waals surface area (Å²) in [6, 6.07) is 5.98. The Bertz CT molecular complexity index is 584. The van der Waals surface area contributed by atoms with E-state index in [2.05, 4.69) is 10.3 Å². The lowest BCUT2D eigenvalue weighted by molar-refractivity contribution is -0.122. The van der Waals surface area contributed by atoms with E-state index in [0.717, 1.165) is 30.4 Å². The Labute approximate surface area is 105 Å². The van der Waals surface area contributed by atoms with Crippen molar-refractivity contribution in [3.8, 4) is 0 Å². The second-order valence-corrected chi connectivity index (χ2v) is 4.85. The molecule has 0 spiro atoms. The summed E-state index contributed by atoms with van der Waals surface area (Å²) in [5.41, 5.74) is 2.88. The number of nitrogens with one attached hydrogen (secondary N) is 1. The van der Waals surface area contributed by atoms with E-state index in [1.807, 2.05) is 25.1 Å². The molecule has 0 aliphatic heterocycles. The van der Waals surface area contributed by atoms with E-state index < -0.39 is 0 Å². The molecule has 0 saturated heterocycles. The molecule has 1 fully saturated rings. The number of hydrogen-bond donors (Lipinski definition) is 1. The number of fused-ring (bicyclic) bond motifs is 1. The summed E-state index contributed by atoms with van der Waals surface area (Å²) >= 11 is 0. The van der Waals surface area contributed by atoms with Gasteiger partial charge in [-0.05, 0) is 37.0 Å². The number of hydrogen-bond acceptors (Lipinski definition) is 3. The summed E-state index contributed by atoms with van der Waals surface area (Å²) in [5, 5.41) is 2.96. The van der Waals surface area contributed by atoms with Gasteiger partial charge in [0.05, 0.1) is 0 Å². The lowest BCUT2D eigenvalue weighted by Crippen LogP contribution is -2.26. The molecule has 1 aromatic carbocycles. The van der Waals surface area contributed by atoms with E-state index in [-0.39, 0.29) is 11.8 Å². The molecule has 4 heteroatoms. The highest BCUT2D eigenvalue weighted by molar-refractivity contribution is 5.80. The minimum absolute atomic E-state index is 0.202. The number of aryl methyl sites for hydroxylation is 1. The lowest BCUT2D eigenvalue weighted by atomic mass is 10.1. The maximum absolute atomic E-state index is 11.5. The van der Waals surface area contributed by atoms with E-state index in [9.17, 15) is 4.79 Å². The number of amides is 1. The Morgan fingerprint density at radius 3 is 3.11 bits per heavy atom. The van der Waals surface area contributed by atoms with Gasteiger partial charge in [0.1, 0.15) is 5.52 Å². The Morgan fingerprint density at radius 1 is 1.50 bits per heavy atom. The van der Waals surface area contributed by atoms with Gasteiger partial charge in [-0.2, -0.15) is 0 Å². The highest BCUT2D eigenvalue weighted by atomic mass is 16.3. The number of carbonyl (C=O) groups excluding carboxylic acids is 1.